The lowest BCUT2D eigenvalue weighted by atomic mass is 10.1. The molecular formula is C16H9BrN2O2. The Morgan fingerprint density at radius 1 is 1.19 bits per heavy atom. The quantitative estimate of drug-likeness (QED) is 0.768. The number of nitrogens with zero attached hydrogens (tertiary/aromatic N) is 2. The molecule has 4 nitrogen and oxygen atoms in total. The van der Waals surface area contributed by atoms with Crippen LogP contribution in [-0.2, 0) is 0 Å². The Kier molecular flexibility index (Phi) is 3.24. The molecule has 0 aliphatic heterocycles. The molecule has 0 aliphatic carbocycles. The molecule has 2 aromatic heterocycles. The monoisotopic (exact) mass is 340 g/mol. The van der Waals surface area contributed by atoms with Crippen LogP contribution in [0.1, 0.15) is 15.9 Å². The van der Waals surface area contributed by atoms with Crippen LogP contribution in [0.25, 0.3) is 16.8 Å². The molecule has 0 unspecified atom stereocenters. The number of fused-ring (bicyclic) bond motifs is 1. The SMILES string of the molecule is N#Cc1cc(-c2ccc(C(=O)O)cc2)n2ccc(Br)cc12. The molecule has 0 spiro atoms. The molecule has 3 rings (SSSR count). The predicted octanol–water partition coefficient (Wildman–Crippen LogP) is 3.94. The fourth-order valence-corrected chi connectivity index (χ4v) is 2.60. The third-order valence-electron chi connectivity index (χ3n) is 3.28. The van der Waals surface area contributed by atoms with E-state index in [2.05, 4.69) is 22.0 Å². The van der Waals surface area contributed by atoms with Gasteiger partial charge in [0.15, 0.2) is 0 Å². The van der Waals surface area contributed by atoms with Crippen LogP contribution in [0.3, 0.4) is 0 Å². The zero-order valence-electron chi connectivity index (χ0n) is 10.7. The van der Waals surface area contributed by atoms with Crippen LogP contribution in [-0.4, -0.2) is 15.5 Å². The molecule has 2 heterocycles. The second-order valence-corrected chi connectivity index (χ2v) is 5.45. The number of hydrogen-bond donors (Lipinski definition) is 1. The molecule has 0 amide bonds. The van der Waals surface area contributed by atoms with E-state index < -0.39 is 5.97 Å². The molecule has 0 atom stereocenters. The van der Waals surface area contributed by atoms with Gasteiger partial charge in [0.2, 0.25) is 0 Å². The van der Waals surface area contributed by atoms with Gasteiger partial charge < -0.3 is 9.51 Å². The van der Waals surface area contributed by atoms with Crippen molar-refractivity contribution in [1.82, 2.24) is 4.40 Å². The summed E-state index contributed by atoms with van der Waals surface area (Å²) < 4.78 is 2.82. The molecule has 5 heteroatoms. The van der Waals surface area contributed by atoms with Crippen molar-refractivity contribution < 1.29 is 9.90 Å². The number of halogens is 1. The van der Waals surface area contributed by atoms with E-state index in [-0.39, 0.29) is 5.56 Å². The maximum atomic E-state index is 10.9. The van der Waals surface area contributed by atoms with Gasteiger partial charge in [0.1, 0.15) is 6.07 Å². The van der Waals surface area contributed by atoms with Gasteiger partial charge in [-0.05, 0) is 35.9 Å². The third kappa shape index (κ3) is 2.30. The van der Waals surface area contributed by atoms with Crippen molar-refractivity contribution in [2.75, 3.05) is 0 Å². The Labute approximate surface area is 129 Å². The molecule has 0 fully saturated rings. The van der Waals surface area contributed by atoms with E-state index >= 15 is 0 Å². The van der Waals surface area contributed by atoms with E-state index in [0.717, 1.165) is 21.2 Å². The van der Waals surface area contributed by atoms with Crippen LogP contribution < -0.4 is 0 Å². The number of carboxylic acid groups (broad SMARTS) is 1. The topological polar surface area (TPSA) is 65.5 Å². The predicted molar refractivity (Wildman–Crippen MR) is 82.2 cm³/mol. The first-order valence-electron chi connectivity index (χ1n) is 6.14. The number of carboxylic acids is 1. The Hall–Kier alpha value is -2.58. The average Bonchev–Trinajstić information content (AvgIpc) is 2.85. The Morgan fingerprint density at radius 3 is 2.52 bits per heavy atom. The molecule has 102 valence electrons. The Balaban J connectivity index is 2.21. The summed E-state index contributed by atoms with van der Waals surface area (Å²) in [5.74, 6) is -0.955. The minimum Gasteiger partial charge on any atom is -0.478 e. The normalized spacial score (nSPS) is 10.5. The van der Waals surface area contributed by atoms with Crippen LogP contribution in [0.5, 0.6) is 0 Å². The molecule has 0 bridgehead atoms. The van der Waals surface area contributed by atoms with E-state index in [1.807, 2.05) is 22.7 Å². The summed E-state index contributed by atoms with van der Waals surface area (Å²) in [6, 6.07) is 14.4. The highest BCUT2D eigenvalue weighted by Crippen LogP contribution is 2.28. The molecule has 0 aliphatic rings. The highest BCUT2D eigenvalue weighted by molar-refractivity contribution is 9.10. The zero-order chi connectivity index (χ0) is 15.0. The molecule has 0 saturated carbocycles. The maximum absolute atomic E-state index is 10.9. The first-order chi connectivity index (χ1) is 10.1. The number of pyridine rings is 1. The molecule has 21 heavy (non-hydrogen) atoms. The molecule has 1 aromatic carbocycles. The summed E-state index contributed by atoms with van der Waals surface area (Å²) in [5, 5.41) is 18.2. The van der Waals surface area contributed by atoms with Crippen molar-refractivity contribution in [1.29, 1.82) is 5.26 Å². The van der Waals surface area contributed by atoms with Gasteiger partial charge in [-0.15, -0.1) is 0 Å². The highest BCUT2D eigenvalue weighted by atomic mass is 79.9. The summed E-state index contributed by atoms with van der Waals surface area (Å²) >= 11 is 3.40. The second kappa shape index (κ2) is 5.08. The summed E-state index contributed by atoms with van der Waals surface area (Å²) in [7, 11) is 0. The van der Waals surface area contributed by atoms with E-state index in [4.69, 9.17) is 5.11 Å². The van der Waals surface area contributed by atoms with Crippen molar-refractivity contribution in [3.8, 4) is 17.3 Å². The lowest BCUT2D eigenvalue weighted by Crippen LogP contribution is -1.95. The van der Waals surface area contributed by atoms with Gasteiger partial charge in [-0.1, -0.05) is 28.1 Å². The number of hydrogen-bond acceptors (Lipinski definition) is 2. The number of benzene rings is 1. The van der Waals surface area contributed by atoms with Gasteiger partial charge in [-0.3, -0.25) is 0 Å². The largest absolute Gasteiger partial charge is 0.478 e. The summed E-state index contributed by atoms with van der Waals surface area (Å²) in [6.45, 7) is 0. The van der Waals surface area contributed by atoms with Crippen LogP contribution in [0.2, 0.25) is 0 Å². The minimum atomic E-state index is -0.955. The van der Waals surface area contributed by atoms with E-state index in [9.17, 15) is 10.1 Å². The number of rotatable bonds is 2. The van der Waals surface area contributed by atoms with E-state index in [0.29, 0.717) is 5.56 Å². The van der Waals surface area contributed by atoms with Crippen LogP contribution in [0.4, 0.5) is 0 Å². The molecule has 1 N–H and O–H groups in total. The van der Waals surface area contributed by atoms with Crippen LogP contribution in [0, 0.1) is 11.3 Å². The van der Waals surface area contributed by atoms with Crippen molar-refractivity contribution in [2.24, 2.45) is 0 Å². The summed E-state index contributed by atoms with van der Waals surface area (Å²) in [6.07, 6.45) is 1.88. The molecule has 0 saturated heterocycles. The Bertz CT molecular complexity index is 889. The lowest BCUT2D eigenvalue weighted by molar-refractivity contribution is 0.0697. The van der Waals surface area contributed by atoms with Gasteiger partial charge in [0.25, 0.3) is 0 Å². The van der Waals surface area contributed by atoms with Crippen LogP contribution in [0.15, 0.2) is 53.1 Å². The van der Waals surface area contributed by atoms with Crippen LogP contribution >= 0.6 is 15.9 Å². The van der Waals surface area contributed by atoms with E-state index in [1.54, 1.807) is 30.3 Å². The number of nitriles is 1. The smallest absolute Gasteiger partial charge is 0.335 e. The summed E-state index contributed by atoms with van der Waals surface area (Å²) in [5.41, 5.74) is 3.34. The van der Waals surface area contributed by atoms with Gasteiger partial charge >= 0.3 is 5.97 Å². The van der Waals surface area contributed by atoms with Gasteiger partial charge in [0, 0.05) is 10.7 Å². The van der Waals surface area contributed by atoms with Crippen molar-refractivity contribution >= 4 is 27.4 Å². The lowest BCUT2D eigenvalue weighted by Gasteiger charge is -2.04. The Morgan fingerprint density at radius 2 is 1.90 bits per heavy atom. The zero-order valence-corrected chi connectivity index (χ0v) is 12.3. The molecule has 3 aromatic rings. The van der Waals surface area contributed by atoms with Gasteiger partial charge in [-0.2, -0.15) is 5.26 Å². The number of aromatic nitrogens is 1. The molecule has 0 radical (unpaired) electrons. The fourth-order valence-electron chi connectivity index (χ4n) is 2.27. The number of aromatic carboxylic acids is 1. The van der Waals surface area contributed by atoms with Gasteiger partial charge in [0.05, 0.1) is 22.3 Å². The third-order valence-corrected chi connectivity index (χ3v) is 3.77. The first-order valence-corrected chi connectivity index (χ1v) is 6.94. The molecular weight excluding hydrogens is 332 g/mol. The fraction of sp³-hybridized carbons (Fsp3) is 0. The standard InChI is InChI=1S/C16H9BrN2O2/c17-13-5-6-19-14(7-12(9-18)15(19)8-13)10-1-3-11(4-2-10)16(20)21/h1-8H,(H,20,21). The first kappa shape index (κ1) is 13.4. The highest BCUT2D eigenvalue weighted by Gasteiger charge is 2.11. The van der Waals surface area contributed by atoms with E-state index in [1.165, 1.54) is 0 Å². The van der Waals surface area contributed by atoms with Crippen molar-refractivity contribution in [2.45, 2.75) is 0 Å². The number of carbonyl (C=O) groups is 1. The minimum absolute atomic E-state index is 0.239. The summed E-state index contributed by atoms with van der Waals surface area (Å²) in [4.78, 5) is 10.9. The van der Waals surface area contributed by atoms with Gasteiger partial charge in [-0.25, -0.2) is 4.79 Å². The van der Waals surface area contributed by atoms with Crippen molar-refractivity contribution in [3.05, 3.63) is 64.3 Å². The average molecular weight is 341 g/mol. The second-order valence-electron chi connectivity index (χ2n) is 4.54. The maximum Gasteiger partial charge on any atom is 0.335 e. The van der Waals surface area contributed by atoms with Crippen molar-refractivity contribution in [3.63, 3.8) is 0 Å².